The van der Waals surface area contributed by atoms with Crippen molar-refractivity contribution in [2.45, 2.75) is 72.8 Å². The van der Waals surface area contributed by atoms with E-state index >= 15 is 0 Å². The van der Waals surface area contributed by atoms with Crippen LogP contribution in [0.1, 0.15) is 85.8 Å². The largest absolute Gasteiger partial charge is 0.409 e. The number of nitrogens with zero attached hydrogens (tertiary/aromatic N) is 1. The van der Waals surface area contributed by atoms with E-state index in [2.05, 4.69) is 98.4 Å². The van der Waals surface area contributed by atoms with Crippen LogP contribution in [-0.2, 0) is 25.8 Å². The lowest BCUT2D eigenvalue weighted by atomic mass is 9.58. The number of carbonyl (C=O) groups excluding carboxylic acids is 2. The standard InChI is InChI=1S/C42H41BN2O2/c1-5-6-8-17-31-27(3)34-23-42(40(46)32-18-11-12-19-33(32)41(42)47)24-35(34)28(4)39(31)43-44-36-20-13-16-30-21-26(2)22-37(38(30)36)45(43)25-29-14-9-7-10-15-29/h7,9-16,18-22,44H,5-6,8,17,23-25H2,1-4H3. The zero-order valence-electron chi connectivity index (χ0n) is 27.9. The first kappa shape index (κ1) is 29.7. The number of hydrogen-bond donors (Lipinski definition) is 1. The number of fused-ring (bicyclic) bond motifs is 2. The zero-order chi connectivity index (χ0) is 32.4. The lowest BCUT2D eigenvalue weighted by Gasteiger charge is -2.40. The van der Waals surface area contributed by atoms with E-state index in [-0.39, 0.29) is 18.5 Å². The van der Waals surface area contributed by atoms with Crippen LogP contribution in [0, 0.1) is 26.2 Å². The summed E-state index contributed by atoms with van der Waals surface area (Å²) in [6.45, 7) is 9.59. The summed E-state index contributed by atoms with van der Waals surface area (Å²) in [6, 6.07) is 29.4. The van der Waals surface area contributed by atoms with E-state index in [1.54, 1.807) is 0 Å². The minimum absolute atomic E-state index is 0.000223. The number of aryl methyl sites for hydroxylation is 1. The van der Waals surface area contributed by atoms with Gasteiger partial charge in [0.15, 0.2) is 11.6 Å². The van der Waals surface area contributed by atoms with Crippen molar-refractivity contribution in [3.8, 4) is 0 Å². The molecule has 0 bridgehead atoms. The van der Waals surface area contributed by atoms with Gasteiger partial charge >= 0.3 is 6.98 Å². The molecule has 1 aliphatic heterocycles. The first-order chi connectivity index (χ1) is 22.8. The molecular weight excluding hydrogens is 575 g/mol. The van der Waals surface area contributed by atoms with Gasteiger partial charge in [0, 0.05) is 34.4 Å². The summed E-state index contributed by atoms with van der Waals surface area (Å²) in [6.07, 6.45) is 5.36. The summed E-state index contributed by atoms with van der Waals surface area (Å²) >= 11 is 0. The molecule has 0 amide bonds. The second kappa shape index (κ2) is 11.3. The van der Waals surface area contributed by atoms with E-state index in [4.69, 9.17) is 0 Å². The summed E-state index contributed by atoms with van der Waals surface area (Å²) in [5.41, 5.74) is 12.6. The van der Waals surface area contributed by atoms with Gasteiger partial charge in [0.05, 0.1) is 0 Å². The number of Topliss-reactive ketones (excluding diaryl/α,β-unsaturated/α-hetero) is 2. The minimum Gasteiger partial charge on any atom is -0.405 e. The molecule has 1 spiro atoms. The van der Waals surface area contributed by atoms with Crippen molar-refractivity contribution in [2.75, 3.05) is 10.0 Å². The lowest BCUT2D eigenvalue weighted by Crippen LogP contribution is -2.58. The highest BCUT2D eigenvalue weighted by molar-refractivity contribution is 6.81. The molecule has 5 aromatic rings. The van der Waals surface area contributed by atoms with E-state index in [1.807, 2.05) is 24.3 Å². The summed E-state index contributed by atoms with van der Waals surface area (Å²) in [5, 5.41) is 6.54. The van der Waals surface area contributed by atoms with E-state index in [9.17, 15) is 9.59 Å². The SMILES string of the molecule is CCCCCc1c(C)c2c(c(C)c1B1Nc3cccc4cc(C)cc(c34)N1Cc1ccccc1)CC1(C2)C(=O)c2ccccc2C1=O. The molecule has 0 fully saturated rings. The van der Waals surface area contributed by atoms with Gasteiger partial charge in [0.25, 0.3) is 0 Å². The van der Waals surface area contributed by atoms with Crippen molar-refractivity contribution >= 4 is 46.2 Å². The molecule has 5 aromatic carbocycles. The maximum atomic E-state index is 14.1. The summed E-state index contributed by atoms with van der Waals surface area (Å²) in [4.78, 5) is 30.7. The Hall–Kier alpha value is -4.64. The van der Waals surface area contributed by atoms with Crippen LogP contribution in [0.2, 0.25) is 0 Å². The summed E-state index contributed by atoms with van der Waals surface area (Å²) in [7, 11) is 0. The van der Waals surface area contributed by atoms with Gasteiger partial charge in [-0.05, 0) is 108 Å². The third-order valence-electron chi connectivity index (χ3n) is 11.2. The minimum atomic E-state index is -1.03. The Labute approximate surface area is 278 Å². The van der Waals surface area contributed by atoms with E-state index < -0.39 is 5.41 Å². The maximum absolute atomic E-state index is 14.1. The Bertz CT molecular complexity index is 2070. The smallest absolute Gasteiger partial charge is 0.405 e. The maximum Gasteiger partial charge on any atom is 0.409 e. The molecule has 4 nitrogen and oxygen atoms in total. The molecule has 0 radical (unpaired) electrons. The highest BCUT2D eigenvalue weighted by Crippen LogP contribution is 2.49. The molecule has 0 aromatic heterocycles. The van der Waals surface area contributed by atoms with Crippen LogP contribution in [0.5, 0.6) is 0 Å². The molecule has 234 valence electrons. The van der Waals surface area contributed by atoms with Crippen LogP contribution < -0.4 is 15.5 Å². The highest BCUT2D eigenvalue weighted by atomic mass is 16.2. The van der Waals surface area contributed by atoms with Gasteiger partial charge < -0.3 is 10.0 Å². The van der Waals surface area contributed by atoms with Crippen molar-refractivity contribution in [3.05, 3.63) is 135 Å². The van der Waals surface area contributed by atoms with Gasteiger partial charge in [0.1, 0.15) is 5.41 Å². The Morgan fingerprint density at radius 2 is 1.47 bits per heavy atom. The third kappa shape index (κ3) is 4.50. The number of hydrogen-bond acceptors (Lipinski definition) is 4. The number of nitrogens with one attached hydrogen (secondary N) is 1. The molecular formula is C42H41BN2O2. The van der Waals surface area contributed by atoms with Crippen LogP contribution in [0.15, 0.2) is 84.9 Å². The molecule has 2 aliphatic carbocycles. The van der Waals surface area contributed by atoms with Gasteiger partial charge in [-0.25, -0.2) is 0 Å². The topological polar surface area (TPSA) is 49.4 Å². The fourth-order valence-electron chi connectivity index (χ4n) is 8.88. The fraction of sp³-hybridized carbons (Fsp3) is 0.286. The molecule has 0 unspecified atom stereocenters. The Balaban J connectivity index is 1.33. The van der Waals surface area contributed by atoms with Crippen molar-refractivity contribution < 1.29 is 9.59 Å². The molecule has 5 heteroatoms. The number of benzene rings is 5. The average Bonchev–Trinajstić information content (AvgIpc) is 3.59. The van der Waals surface area contributed by atoms with Crippen molar-refractivity contribution in [2.24, 2.45) is 5.41 Å². The Kier molecular flexibility index (Phi) is 7.13. The molecule has 0 atom stereocenters. The summed E-state index contributed by atoms with van der Waals surface area (Å²) < 4.78 is 0. The van der Waals surface area contributed by atoms with Crippen LogP contribution in [-0.4, -0.2) is 18.5 Å². The fourth-order valence-corrected chi connectivity index (χ4v) is 8.88. The van der Waals surface area contributed by atoms with Crippen LogP contribution in [0.4, 0.5) is 11.4 Å². The zero-order valence-corrected chi connectivity index (χ0v) is 27.9. The number of anilines is 2. The molecule has 8 rings (SSSR count). The number of unbranched alkanes of at least 4 members (excludes halogenated alkanes) is 2. The molecule has 0 saturated carbocycles. The van der Waals surface area contributed by atoms with Crippen LogP contribution >= 0.6 is 0 Å². The Morgan fingerprint density at radius 1 is 0.787 bits per heavy atom. The summed E-state index contributed by atoms with van der Waals surface area (Å²) in [5.74, 6) is -0.000447. The predicted molar refractivity (Wildman–Crippen MR) is 194 cm³/mol. The van der Waals surface area contributed by atoms with E-state index in [1.165, 1.54) is 67.3 Å². The average molecular weight is 617 g/mol. The monoisotopic (exact) mass is 616 g/mol. The van der Waals surface area contributed by atoms with Crippen molar-refractivity contribution in [1.82, 2.24) is 0 Å². The molecule has 3 aliphatic rings. The number of carbonyl (C=O) groups is 2. The highest BCUT2D eigenvalue weighted by Gasteiger charge is 2.56. The van der Waals surface area contributed by atoms with Gasteiger partial charge in [-0.3, -0.25) is 9.59 Å². The van der Waals surface area contributed by atoms with E-state index in [0.717, 1.165) is 31.5 Å². The molecule has 1 heterocycles. The van der Waals surface area contributed by atoms with E-state index in [0.29, 0.717) is 24.0 Å². The van der Waals surface area contributed by atoms with Crippen LogP contribution in [0.25, 0.3) is 10.8 Å². The van der Waals surface area contributed by atoms with Gasteiger partial charge in [-0.15, -0.1) is 0 Å². The molecule has 47 heavy (non-hydrogen) atoms. The first-order valence-corrected chi connectivity index (χ1v) is 17.2. The normalized spacial score (nSPS) is 15.8. The molecule has 0 saturated heterocycles. The quantitative estimate of drug-likeness (QED) is 0.113. The van der Waals surface area contributed by atoms with Crippen molar-refractivity contribution in [3.63, 3.8) is 0 Å². The number of rotatable bonds is 7. The lowest BCUT2D eigenvalue weighted by molar-refractivity contribution is 0.0710. The van der Waals surface area contributed by atoms with Crippen molar-refractivity contribution in [1.29, 1.82) is 0 Å². The number of ketones is 2. The predicted octanol–water partition coefficient (Wildman–Crippen LogP) is 8.49. The second-order valence-corrected chi connectivity index (χ2v) is 14.0. The van der Waals surface area contributed by atoms with Gasteiger partial charge in [-0.1, -0.05) is 92.6 Å². The molecule has 1 N–H and O–H groups in total. The van der Waals surface area contributed by atoms with Crippen LogP contribution in [0.3, 0.4) is 0 Å². The van der Waals surface area contributed by atoms with Gasteiger partial charge in [0.2, 0.25) is 0 Å². The second-order valence-electron chi connectivity index (χ2n) is 14.0. The first-order valence-electron chi connectivity index (χ1n) is 17.2. The third-order valence-corrected chi connectivity index (χ3v) is 11.2. The Morgan fingerprint density at radius 3 is 2.17 bits per heavy atom. The van der Waals surface area contributed by atoms with Gasteiger partial charge in [-0.2, -0.15) is 0 Å².